The molecule has 4 atom stereocenters. The van der Waals surface area contributed by atoms with Gasteiger partial charge in [0.15, 0.2) is 5.96 Å². The summed E-state index contributed by atoms with van der Waals surface area (Å²) < 4.78 is 0. The number of aliphatic carboxylic acids is 1. The molecule has 2 rings (SSSR count). The number of carboxylic acids is 1. The van der Waals surface area contributed by atoms with Gasteiger partial charge in [-0.2, -0.15) is 0 Å². The Morgan fingerprint density at radius 3 is 1.93 bits per heavy atom. The van der Waals surface area contributed by atoms with E-state index in [4.69, 9.17) is 22.9 Å². The maximum Gasteiger partial charge on any atom is 0.326 e. The second-order valence-corrected chi connectivity index (χ2v) is 8.81. The fraction of sp³-hybridized carbons (Fsp3) is 0.455. The summed E-state index contributed by atoms with van der Waals surface area (Å²) in [6.07, 6.45) is 5.32. The Morgan fingerprint density at radius 1 is 0.850 bits per heavy atom. The number of carboxylic acid groups (broad SMARTS) is 1. The van der Waals surface area contributed by atoms with E-state index < -0.39 is 60.2 Å². The first-order valence-electron chi connectivity index (χ1n) is 12.1. The van der Waals surface area contributed by atoms with Crippen LogP contribution in [0.3, 0.4) is 0 Å². The number of hydrogen-bond acceptors (Lipinski definition) is 9. The summed E-state index contributed by atoms with van der Waals surface area (Å²) in [5.41, 5.74) is 22.8. The lowest BCUT2D eigenvalue weighted by Crippen LogP contribution is -2.58. The van der Waals surface area contributed by atoms with Gasteiger partial charge in [-0.25, -0.2) is 14.8 Å². The van der Waals surface area contributed by atoms with Crippen molar-refractivity contribution in [1.29, 1.82) is 0 Å². The summed E-state index contributed by atoms with van der Waals surface area (Å²) in [5, 5.41) is 16.7. The third kappa shape index (κ3) is 10.8. The van der Waals surface area contributed by atoms with Crippen LogP contribution in [0.1, 0.15) is 30.7 Å². The number of nitrogens with zero attached hydrogens (tertiary/aromatic N) is 3. The molecule has 4 unspecified atom stereocenters. The number of hydrogen-bond donors (Lipinski definition) is 10. The molecule has 0 spiro atoms. The fourth-order valence-electron chi connectivity index (χ4n) is 3.55. The molecule has 2 aromatic rings. The standard InChI is InChI=1S/C22H34N12O6/c23-13(4-11-7-27-9-30-11)18(36)33-15(5-12-8-28-10-31-12)19(37)34-16(6-17(24)35)20(38)32-14(21(39)40)2-1-3-29-22(25)26/h7-10,13-16H,1-6,23H2,(H2,24,35)(H,27,30)(H,28,31)(H,32,38)(H,33,36)(H,34,37)(H,39,40)(H4,25,26,29). The van der Waals surface area contributed by atoms with Gasteiger partial charge in [-0.3, -0.25) is 24.2 Å². The van der Waals surface area contributed by atoms with Gasteiger partial charge >= 0.3 is 5.97 Å². The van der Waals surface area contributed by atoms with Gasteiger partial charge in [-0.1, -0.05) is 0 Å². The zero-order valence-electron chi connectivity index (χ0n) is 21.5. The molecular weight excluding hydrogens is 528 g/mol. The summed E-state index contributed by atoms with van der Waals surface area (Å²) >= 11 is 0. The SMILES string of the molecule is NC(=O)CC(NC(=O)C(Cc1cnc[nH]1)NC(=O)C(N)Cc1cnc[nH]1)C(=O)NC(CCCN=C(N)N)C(=O)O. The van der Waals surface area contributed by atoms with Crippen molar-refractivity contribution in [2.45, 2.75) is 56.3 Å². The van der Waals surface area contributed by atoms with Crippen LogP contribution < -0.4 is 38.9 Å². The highest BCUT2D eigenvalue weighted by molar-refractivity contribution is 5.96. The molecule has 0 aromatic carbocycles. The molecule has 14 N–H and O–H groups in total. The van der Waals surface area contributed by atoms with Gasteiger partial charge < -0.3 is 54.0 Å². The number of guanidine groups is 1. The van der Waals surface area contributed by atoms with Crippen LogP contribution in [-0.4, -0.2) is 91.3 Å². The number of H-pyrrole nitrogens is 2. The second-order valence-electron chi connectivity index (χ2n) is 8.81. The molecule has 0 radical (unpaired) electrons. The van der Waals surface area contributed by atoms with E-state index in [0.29, 0.717) is 11.4 Å². The monoisotopic (exact) mass is 562 g/mol. The molecule has 2 heterocycles. The first-order valence-corrected chi connectivity index (χ1v) is 12.1. The van der Waals surface area contributed by atoms with Crippen molar-refractivity contribution in [3.05, 3.63) is 36.4 Å². The third-order valence-corrected chi connectivity index (χ3v) is 5.54. The Morgan fingerprint density at radius 2 is 1.40 bits per heavy atom. The quantitative estimate of drug-likeness (QED) is 0.0499. The van der Waals surface area contributed by atoms with Gasteiger partial charge in [0.1, 0.15) is 18.1 Å². The summed E-state index contributed by atoms with van der Waals surface area (Å²) in [6, 6.07) is -5.20. The number of rotatable bonds is 17. The second kappa shape index (κ2) is 15.4. The summed E-state index contributed by atoms with van der Waals surface area (Å²) in [5.74, 6) is -4.94. The predicted molar refractivity (Wildman–Crippen MR) is 140 cm³/mol. The van der Waals surface area contributed by atoms with E-state index in [1.807, 2.05) is 0 Å². The molecule has 18 nitrogen and oxygen atoms in total. The lowest BCUT2D eigenvalue weighted by Gasteiger charge is -2.24. The number of primary amides is 1. The van der Waals surface area contributed by atoms with Crippen LogP contribution in [0.5, 0.6) is 0 Å². The molecule has 2 aromatic heterocycles. The van der Waals surface area contributed by atoms with Crippen LogP contribution in [0, 0.1) is 0 Å². The maximum atomic E-state index is 13.2. The average molecular weight is 563 g/mol. The predicted octanol–water partition coefficient (Wildman–Crippen LogP) is -4.29. The van der Waals surface area contributed by atoms with Gasteiger partial charge in [0.05, 0.1) is 25.1 Å². The molecule has 40 heavy (non-hydrogen) atoms. The molecule has 218 valence electrons. The van der Waals surface area contributed by atoms with Gasteiger partial charge in [0.25, 0.3) is 0 Å². The van der Waals surface area contributed by atoms with Crippen molar-refractivity contribution in [3.63, 3.8) is 0 Å². The largest absolute Gasteiger partial charge is 0.480 e. The first kappa shape index (κ1) is 31.2. The molecule has 0 saturated heterocycles. The molecule has 0 aliphatic heterocycles. The van der Waals surface area contributed by atoms with Gasteiger partial charge in [-0.05, 0) is 12.8 Å². The smallest absolute Gasteiger partial charge is 0.326 e. The van der Waals surface area contributed by atoms with Crippen molar-refractivity contribution in [1.82, 2.24) is 35.9 Å². The first-order chi connectivity index (χ1) is 19.0. The van der Waals surface area contributed by atoms with E-state index >= 15 is 0 Å². The Labute approximate surface area is 228 Å². The van der Waals surface area contributed by atoms with E-state index in [2.05, 4.69) is 40.9 Å². The van der Waals surface area contributed by atoms with Gasteiger partial charge in [-0.15, -0.1) is 0 Å². The van der Waals surface area contributed by atoms with Crippen molar-refractivity contribution >= 4 is 35.6 Å². The number of carbonyl (C=O) groups excluding carboxylic acids is 4. The molecule has 0 aliphatic rings. The summed E-state index contributed by atoms with van der Waals surface area (Å²) in [7, 11) is 0. The Bertz CT molecular complexity index is 1160. The number of nitrogens with one attached hydrogen (secondary N) is 5. The number of aliphatic imine (C=N–C) groups is 1. The van der Waals surface area contributed by atoms with Crippen molar-refractivity contribution in [3.8, 4) is 0 Å². The topological polar surface area (TPSA) is 315 Å². The Hall–Kier alpha value is -5.00. The number of carbonyl (C=O) groups is 5. The lowest BCUT2D eigenvalue weighted by atomic mass is 10.1. The molecule has 0 bridgehead atoms. The lowest BCUT2D eigenvalue weighted by molar-refractivity contribution is -0.142. The zero-order chi connectivity index (χ0) is 29.7. The highest BCUT2D eigenvalue weighted by atomic mass is 16.4. The number of aromatic amines is 2. The van der Waals surface area contributed by atoms with Crippen LogP contribution in [0.4, 0.5) is 0 Å². The fourth-order valence-corrected chi connectivity index (χ4v) is 3.55. The molecule has 4 amide bonds. The van der Waals surface area contributed by atoms with Crippen molar-refractivity contribution in [2.24, 2.45) is 27.9 Å². The molecule has 0 fully saturated rings. The van der Waals surface area contributed by atoms with Crippen LogP contribution in [0.2, 0.25) is 0 Å². The maximum absolute atomic E-state index is 13.2. The number of nitrogens with two attached hydrogens (primary N) is 4. The number of amides is 4. The normalized spacial score (nSPS) is 13.7. The third-order valence-electron chi connectivity index (χ3n) is 5.54. The van der Waals surface area contributed by atoms with Crippen LogP contribution >= 0.6 is 0 Å². The van der Waals surface area contributed by atoms with E-state index in [1.165, 1.54) is 25.0 Å². The summed E-state index contributed by atoms with van der Waals surface area (Å²) in [4.78, 5) is 79.4. The Balaban J connectivity index is 2.13. The molecular formula is C22H34N12O6. The molecule has 18 heteroatoms. The molecule has 0 saturated carbocycles. The van der Waals surface area contributed by atoms with E-state index in [-0.39, 0.29) is 38.2 Å². The Kier molecular flexibility index (Phi) is 12.0. The molecule has 0 aliphatic carbocycles. The average Bonchev–Trinajstić information content (AvgIpc) is 3.58. The zero-order valence-corrected chi connectivity index (χ0v) is 21.5. The highest BCUT2D eigenvalue weighted by Gasteiger charge is 2.31. The highest BCUT2D eigenvalue weighted by Crippen LogP contribution is 2.05. The number of imidazole rings is 2. The number of aromatic nitrogens is 4. The minimum atomic E-state index is -1.54. The van der Waals surface area contributed by atoms with Crippen molar-refractivity contribution < 1.29 is 29.1 Å². The van der Waals surface area contributed by atoms with E-state index in [9.17, 15) is 29.1 Å². The minimum absolute atomic E-state index is 0.0399. The van der Waals surface area contributed by atoms with Gasteiger partial charge in [0.2, 0.25) is 23.6 Å². The van der Waals surface area contributed by atoms with Crippen LogP contribution in [0.25, 0.3) is 0 Å². The van der Waals surface area contributed by atoms with Crippen LogP contribution in [0.15, 0.2) is 30.0 Å². The minimum Gasteiger partial charge on any atom is -0.480 e. The van der Waals surface area contributed by atoms with E-state index in [1.54, 1.807) is 0 Å². The summed E-state index contributed by atoms with van der Waals surface area (Å²) in [6.45, 7) is 0.126. The van der Waals surface area contributed by atoms with E-state index in [0.717, 1.165) is 0 Å². The van der Waals surface area contributed by atoms with Crippen LogP contribution in [-0.2, 0) is 36.8 Å². The van der Waals surface area contributed by atoms with Crippen molar-refractivity contribution in [2.75, 3.05) is 6.54 Å². The van der Waals surface area contributed by atoms with Gasteiger partial charge in [0, 0.05) is 43.2 Å².